The van der Waals surface area contributed by atoms with E-state index in [1.54, 1.807) is 13.0 Å². The Balaban J connectivity index is 2.54. The van der Waals surface area contributed by atoms with Crippen molar-refractivity contribution in [2.75, 3.05) is 0 Å². The fraction of sp³-hybridized carbons (Fsp3) is 0.133. The third kappa shape index (κ3) is 2.89. The molecule has 0 heterocycles. The van der Waals surface area contributed by atoms with Crippen LogP contribution in [0.4, 0.5) is 13.2 Å². The van der Waals surface area contributed by atoms with Crippen molar-refractivity contribution in [2.45, 2.75) is 13.0 Å². The maximum Gasteiger partial charge on any atom is 0.146 e. The Bertz CT molecular complexity index is 702. The average molecular weight is 293 g/mol. The molecule has 0 aliphatic rings. The second-order valence-corrected chi connectivity index (χ2v) is 4.48. The highest BCUT2D eigenvalue weighted by Crippen LogP contribution is 2.30. The molecule has 0 radical (unpaired) electrons. The lowest BCUT2D eigenvalue weighted by Crippen LogP contribution is -2.08. The molecule has 1 unspecified atom stereocenters. The fourth-order valence-corrected chi connectivity index (χ4v) is 1.99. The lowest BCUT2D eigenvalue weighted by atomic mass is 9.98. The Morgan fingerprint density at radius 3 is 2.19 bits per heavy atom. The summed E-state index contributed by atoms with van der Waals surface area (Å²) in [6.07, 6.45) is -1.40. The van der Waals surface area contributed by atoms with E-state index in [4.69, 9.17) is 10.5 Å². The van der Waals surface area contributed by atoms with Crippen molar-refractivity contribution in [1.82, 2.24) is 0 Å². The van der Waals surface area contributed by atoms with Crippen LogP contribution in [0.5, 0.6) is 0 Å². The van der Waals surface area contributed by atoms with Crippen molar-refractivity contribution in [2.24, 2.45) is 0 Å². The van der Waals surface area contributed by atoms with Gasteiger partial charge >= 0.3 is 0 Å². The second-order valence-electron chi connectivity index (χ2n) is 4.48. The van der Waals surface area contributed by atoms with Gasteiger partial charge in [-0.3, -0.25) is 5.26 Å². The zero-order valence-electron chi connectivity index (χ0n) is 10.9. The molecule has 0 saturated carbocycles. The lowest BCUT2D eigenvalue weighted by molar-refractivity contribution is -0.271. The van der Waals surface area contributed by atoms with Gasteiger partial charge in [-0.2, -0.15) is 5.26 Å². The quantitative estimate of drug-likeness (QED) is 0.690. The Labute approximate surface area is 118 Å². The van der Waals surface area contributed by atoms with E-state index >= 15 is 0 Å². The Morgan fingerprint density at radius 1 is 1.10 bits per heavy atom. The van der Waals surface area contributed by atoms with Crippen LogP contribution in [-0.4, -0.2) is 5.26 Å². The number of aryl methyl sites for hydroxylation is 1. The van der Waals surface area contributed by atoms with Crippen LogP contribution < -0.4 is 0 Å². The third-order valence-electron chi connectivity index (χ3n) is 3.02. The molecule has 3 nitrogen and oxygen atoms in total. The van der Waals surface area contributed by atoms with Crippen molar-refractivity contribution >= 4 is 0 Å². The van der Waals surface area contributed by atoms with Crippen LogP contribution in [0, 0.1) is 35.7 Å². The van der Waals surface area contributed by atoms with E-state index in [2.05, 4.69) is 4.89 Å². The molecule has 0 amide bonds. The number of benzene rings is 2. The molecule has 0 aliphatic carbocycles. The number of hydrogen-bond acceptors (Lipinski definition) is 3. The summed E-state index contributed by atoms with van der Waals surface area (Å²) in [6, 6.07) is 7.14. The highest BCUT2D eigenvalue weighted by molar-refractivity contribution is 5.39. The molecule has 21 heavy (non-hydrogen) atoms. The Kier molecular flexibility index (Phi) is 4.26. The average Bonchev–Trinajstić information content (AvgIpc) is 2.41. The van der Waals surface area contributed by atoms with Crippen LogP contribution in [0.3, 0.4) is 0 Å². The fourth-order valence-electron chi connectivity index (χ4n) is 1.99. The molecular formula is C15H10F3NO2. The summed E-state index contributed by atoms with van der Waals surface area (Å²) in [5.74, 6) is -2.90. The van der Waals surface area contributed by atoms with E-state index < -0.39 is 29.1 Å². The van der Waals surface area contributed by atoms with Gasteiger partial charge in [0.05, 0.1) is 0 Å². The highest BCUT2D eigenvalue weighted by Gasteiger charge is 2.22. The van der Waals surface area contributed by atoms with Crippen LogP contribution >= 0.6 is 0 Å². The number of nitriles is 1. The number of halogens is 3. The molecule has 1 atom stereocenters. The molecular weight excluding hydrogens is 283 g/mol. The standard InChI is InChI=1S/C15H10F3NO2/c1-8-2-3-10(12(16)4-8)15(21-20)9-5-13(17)11(7-19)14(18)6-9/h2-6,15,20H,1H3. The first-order chi connectivity index (χ1) is 9.97. The van der Waals surface area contributed by atoms with E-state index in [1.165, 1.54) is 18.2 Å². The monoisotopic (exact) mass is 293 g/mol. The summed E-state index contributed by atoms with van der Waals surface area (Å²) in [6.45, 7) is 1.67. The minimum atomic E-state index is -1.40. The molecule has 0 aromatic heterocycles. The zero-order valence-corrected chi connectivity index (χ0v) is 10.9. The van der Waals surface area contributed by atoms with Crippen molar-refractivity contribution in [3.63, 3.8) is 0 Å². The molecule has 2 aromatic rings. The molecule has 0 spiro atoms. The summed E-state index contributed by atoms with van der Waals surface area (Å²) in [5.41, 5.74) is -0.328. The first-order valence-corrected chi connectivity index (χ1v) is 5.93. The van der Waals surface area contributed by atoms with Crippen molar-refractivity contribution in [1.29, 1.82) is 5.26 Å². The minimum Gasteiger partial charge on any atom is -0.251 e. The van der Waals surface area contributed by atoms with E-state index in [0.717, 1.165) is 12.1 Å². The van der Waals surface area contributed by atoms with Gasteiger partial charge in [0.15, 0.2) is 0 Å². The molecule has 0 aliphatic heterocycles. The van der Waals surface area contributed by atoms with Gasteiger partial charge in [0.25, 0.3) is 0 Å². The van der Waals surface area contributed by atoms with E-state index in [0.29, 0.717) is 5.56 Å². The summed E-state index contributed by atoms with van der Waals surface area (Å²) >= 11 is 0. The topological polar surface area (TPSA) is 53.2 Å². The summed E-state index contributed by atoms with van der Waals surface area (Å²) < 4.78 is 41.1. The molecule has 0 saturated heterocycles. The van der Waals surface area contributed by atoms with E-state index in [1.807, 2.05) is 0 Å². The van der Waals surface area contributed by atoms with Gasteiger partial charge in [0.2, 0.25) is 0 Å². The van der Waals surface area contributed by atoms with Crippen LogP contribution in [0.1, 0.15) is 28.4 Å². The molecule has 6 heteroatoms. The van der Waals surface area contributed by atoms with Crippen LogP contribution in [-0.2, 0) is 4.89 Å². The van der Waals surface area contributed by atoms with Crippen LogP contribution in [0.2, 0.25) is 0 Å². The molecule has 2 rings (SSSR count). The summed E-state index contributed by atoms with van der Waals surface area (Å²) in [5, 5.41) is 17.6. The van der Waals surface area contributed by atoms with Gasteiger partial charge in [0, 0.05) is 5.56 Å². The van der Waals surface area contributed by atoms with Gasteiger partial charge in [-0.15, -0.1) is 0 Å². The third-order valence-corrected chi connectivity index (χ3v) is 3.02. The second kappa shape index (κ2) is 5.95. The largest absolute Gasteiger partial charge is 0.251 e. The first-order valence-electron chi connectivity index (χ1n) is 5.93. The van der Waals surface area contributed by atoms with Crippen LogP contribution in [0.25, 0.3) is 0 Å². The molecule has 1 N–H and O–H groups in total. The Hall–Kier alpha value is -2.36. The van der Waals surface area contributed by atoms with Gasteiger partial charge < -0.3 is 0 Å². The summed E-state index contributed by atoms with van der Waals surface area (Å²) in [7, 11) is 0. The molecule has 108 valence electrons. The predicted molar refractivity (Wildman–Crippen MR) is 67.8 cm³/mol. The van der Waals surface area contributed by atoms with Gasteiger partial charge in [-0.25, -0.2) is 18.1 Å². The predicted octanol–water partition coefficient (Wildman–Crippen LogP) is 3.86. The first kappa shape index (κ1) is 15.0. The highest BCUT2D eigenvalue weighted by atomic mass is 19.1. The lowest BCUT2D eigenvalue weighted by Gasteiger charge is -2.16. The van der Waals surface area contributed by atoms with Crippen LogP contribution in [0.15, 0.2) is 30.3 Å². The molecule has 0 bridgehead atoms. The molecule has 0 fully saturated rings. The SMILES string of the molecule is Cc1ccc(C(OO)c2cc(F)c(C#N)c(F)c2)c(F)c1. The van der Waals surface area contributed by atoms with Gasteiger partial charge in [0.1, 0.15) is 35.2 Å². The minimum absolute atomic E-state index is 0.0772. The maximum absolute atomic E-state index is 13.9. The smallest absolute Gasteiger partial charge is 0.146 e. The van der Waals surface area contributed by atoms with Gasteiger partial charge in [-0.1, -0.05) is 12.1 Å². The number of nitrogens with zero attached hydrogens (tertiary/aromatic N) is 1. The number of rotatable bonds is 3. The van der Waals surface area contributed by atoms with E-state index in [-0.39, 0.29) is 11.1 Å². The summed E-state index contributed by atoms with van der Waals surface area (Å²) in [4.78, 5) is 4.17. The zero-order chi connectivity index (χ0) is 15.6. The van der Waals surface area contributed by atoms with Crippen molar-refractivity contribution < 1.29 is 23.3 Å². The number of hydrogen-bond donors (Lipinski definition) is 1. The maximum atomic E-state index is 13.9. The normalized spacial score (nSPS) is 12.0. The van der Waals surface area contributed by atoms with Crippen molar-refractivity contribution in [3.05, 3.63) is 70.0 Å². The molecule has 2 aromatic carbocycles. The van der Waals surface area contributed by atoms with Gasteiger partial charge in [-0.05, 0) is 36.2 Å². The Morgan fingerprint density at radius 2 is 1.71 bits per heavy atom. The van der Waals surface area contributed by atoms with Crippen molar-refractivity contribution in [3.8, 4) is 6.07 Å². The van der Waals surface area contributed by atoms with E-state index in [9.17, 15) is 13.2 Å².